The smallest absolute Gasteiger partial charge is 0.306 e. The molecule has 0 aliphatic carbocycles. The highest BCUT2D eigenvalue weighted by atomic mass is 16.5. The molecule has 0 aliphatic rings. The van der Waals surface area contributed by atoms with E-state index < -0.39 is 5.97 Å². The maximum atomic E-state index is 12.6. The molecule has 0 radical (unpaired) electrons. The molecule has 0 saturated carbocycles. The van der Waals surface area contributed by atoms with Crippen LogP contribution in [0.5, 0.6) is 0 Å². The van der Waals surface area contributed by atoms with Gasteiger partial charge in [-0.3, -0.25) is 9.59 Å². The lowest BCUT2D eigenvalue weighted by Gasteiger charge is -2.18. The van der Waals surface area contributed by atoms with E-state index in [9.17, 15) is 9.59 Å². The van der Waals surface area contributed by atoms with Gasteiger partial charge in [-0.15, -0.1) is 0 Å². The number of carboxylic acids is 1. The van der Waals surface area contributed by atoms with Crippen LogP contribution in [0.1, 0.15) is 239 Å². The fourth-order valence-corrected chi connectivity index (χ4v) is 6.42. The zero-order valence-corrected chi connectivity index (χ0v) is 31.2. The Kier molecular flexibility index (Phi) is 37.0. The second-order valence-corrected chi connectivity index (χ2v) is 14.2. The highest BCUT2D eigenvalue weighted by Crippen LogP contribution is 2.19. The molecule has 272 valence electrons. The molecule has 0 aromatic heterocycles. The van der Waals surface area contributed by atoms with E-state index in [1.807, 2.05) is 0 Å². The van der Waals surface area contributed by atoms with Gasteiger partial charge in [0.15, 0.2) is 0 Å². The van der Waals surface area contributed by atoms with E-state index in [4.69, 9.17) is 9.84 Å². The first-order valence-electron chi connectivity index (χ1n) is 20.7. The minimum absolute atomic E-state index is 0.00225. The molecule has 0 aromatic rings. The van der Waals surface area contributed by atoms with Crippen LogP contribution in [-0.2, 0) is 14.3 Å². The fraction of sp³-hybridized carbons (Fsp3) is 0.905. The predicted molar refractivity (Wildman–Crippen MR) is 200 cm³/mol. The van der Waals surface area contributed by atoms with Crippen LogP contribution in [0.2, 0.25) is 0 Å². The Morgan fingerprint density at radius 3 is 1.20 bits per heavy atom. The van der Waals surface area contributed by atoms with Crippen LogP contribution in [-0.4, -0.2) is 23.1 Å². The maximum absolute atomic E-state index is 12.6. The molecule has 1 unspecified atom stereocenters. The van der Waals surface area contributed by atoms with Gasteiger partial charge >= 0.3 is 11.9 Å². The number of carbonyl (C=O) groups is 2. The molecule has 4 nitrogen and oxygen atoms in total. The summed E-state index contributed by atoms with van der Waals surface area (Å²) in [4.78, 5) is 23.4. The van der Waals surface area contributed by atoms with Crippen LogP contribution >= 0.6 is 0 Å². The van der Waals surface area contributed by atoms with Gasteiger partial charge in [0.05, 0.1) is 0 Å². The molecule has 0 spiro atoms. The second kappa shape index (κ2) is 38.1. The molecule has 0 bridgehead atoms. The summed E-state index contributed by atoms with van der Waals surface area (Å²) in [6, 6.07) is 0. The third-order valence-corrected chi connectivity index (χ3v) is 9.49. The van der Waals surface area contributed by atoms with Gasteiger partial charge in [0.25, 0.3) is 0 Å². The summed E-state index contributed by atoms with van der Waals surface area (Å²) in [5.41, 5.74) is 0. The molecule has 1 atom stereocenters. The summed E-state index contributed by atoms with van der Waals surface area (Å²) < 4.78 is 5.95. The van der Waals surface area contributed by atoms with Gasteiger partial charge in [0, 0.05) is 12.8 Å². The third kappa shape index (κ3) is 37.1. The molecular formula is C42H80O4. The topological polar surface area (TPSA) is 63.6 Å². The Bertz CT molecular complexity index is 658. The Hall–Kier alpha value is -1.32. The van der Waals surface area contributed by atoms with Crippen LogP contribution in [0.25, 0.3) is 0 Å². The SMILES string of the molecule is CCCCCCCC/C=C\CCCCCCCC(=O)OC(CCCCCCCCCCCCCCCCC)CCCCCC(=O)O. The number of esters is 1. The van der Waals surface area contributed by atoms with Crippen molar-refractivity contribution in [1.82, 2.24) is 0 Å². The molecule has 0 aliphatic heterocycles. The number of ether oxygens (including phenoxy) is 1. The summed E-state index contributed by atoms with van der Waals surface area (Å²) in [5.74, 6) is -0.755. The van der Waals surface area contributed by atoms with Crippen LogP contribution in [0, 0.1) is 0 Å². The third-order valence-electron chi connectivity index (χ3n) is 9.49. The number of hydrogen-bond donors (Lipinski definition) is 1. The average Bonchev–Trinajstić information content (AvgIpc) is 3.04. The van der Waals surface area contributed by atoms with Crippen LogP contribution in [0.4, 0.5) is 0 Å². The lowest BCUT2D eigenvalue weighted by atomic mass is 10.0. The lowest BCUT2D eigenvalue weighted by molar-refractivity contribution is -0.150. The van der Waals surface area contributed by atoms with Crippen molar-refractivity contribution >= 4 is 11.9 Å². The van der Waals surface area contributed by atoms with E-state index in [0.29, 0.717) is 12.8 Å². The van der Waals surface area contributed by atoms with E-state index in [1.165, 1.54) is 161 Å². The molecule has 46 heavy (non-hydrogen) atoms. The van der Waals surface area contributed by atoms with E-state index in [2.05, 4.69) is 26.0 Å². The van der Waals surface area contributed by atoms with Gasteiger partial charge in [-0.05, 0) is 64.2 Å². The maximum Gasteiger partial charge on any atom is 0.306 e. The number of allylic oxidation sites excluding steroid dienone is 2. The van der Waals surface area contributed by atoms with Crippen molar-refractivity contribution in [3.8, 4) is 0 Å². The monoisotopic (exact) mass is 649 g/mol. The largest absolute Gasteiger partial charge is 0.481 e. The highest BCUT2D eigenvalue weighted by Gasteiger charge is 2.14. The first-order valence-corrected chi connectivity index (χ1v) is 20.7. The summed E-state index contributed by atoms with van der Waals surface area (Å²) in [7, 11) is 0. The normalized spacial score (nSPS) is 12.2. The van der Waals surface area contributed by atoms with E-state index in [0.717, 1.165) is 44.9 Å². The molecule has 1 N–H and O–H groups in total. The standard InChI is InChI=1S/C42H80O4/c1-3-5-7-9-11-13-15-17-19-21-23-25-27-29-32-36-40(37-33-31-34-38-41(43)44)46-42(45)39-35-30-28-26-24-22-20-18-16-14-12-10-8-6-4-2/h18,20,40H,3-17,19,21-39H2,1-2H3,(H,43,44)/b20-18-. The Balaban J connectivity index is 3.92. The zero-order valence-electron chi connectivity index (χ0n) is 31.2. The van der Waals surface area contributed by atoms with E-state index in [-0.39, 0.29) is 18.5 Å². The van der Waals surface area contributed by atoms with Crippen LogP contribution in [0.3, 0.4) is 0 Å². The minimum Gasteiger partial charge on any atom is -0.481 e. The van der Waals surface area contributed by atoms with Crippen molar-refractivity contribution in [3.05, 3.63) is 12.2 Å². The molecule has 0 amide bonds. The summed E-state index contributed by atoms with van der Waals surface area (Å²) in [6.45, 7) is 4.55. The minimum atomic E-state index is -0.722. The average molecular weight is 649 g/mol. The summed E-state index contributed by atoms with van der Waals surface area (Å²) >= 11 is 0. The van der Waals surface area contributed by atoms with Crippen molar-refractivity contribution < 1.29 is 19.4 Å². The fourth-order valence-electron chi connectivity index (χ4n) is 6.42. The van der Waals surface area contributed by atoms with Crippen LogP contribution < -0.4 is 0 Å². The molecule has 0 heterocycles. The number of carboxylic acid groups (broad SMARTS) is 1. The van der Waals surface area contributed by atoms with Gasteiger partial charge in [-0.1, -0.05) is 174 Å². The summed E-state index contributed by atoms with van der Waals surface area (Å²) in [5, 5.41) is 8.90. The molecular weight excluding hydrogens is 568 g/mol. The van der Waals surface area contributed by atoms with Crippen LogP contribution in [0.15, 0.2) is 12.2 Å². The zero-order chi connectivity index (χ0) is 33.6. The Morgan fingerprint density at radius 2 is 0.783 bits per heavy atom. The molecule has 0 rings (SSSR count). The van der Waals surface area contributed by atoms with Gasteiger partial charge in [0.2, 0.25) is 0 Å². The van der Waals surface area contributed by atoms with Gasteiger partial charge in [-0.25, -0.2) is 0 Å². The van der Waals surface area contributed by atoms with E-state index >= 15 is 0 Å². The highest BCUT2D eigenvalue weighted by molar-refractivity contribution is 5.69. The van der Waals surface area contributed by atoms with Crippen molar-refractivity contribution in [2.75, 3.05) is 0 Å². The molecule has 4 heteroatoms. The number of rotatable bonds is 38. The quantitative estimate of drug-likeness (QED) is 0.0411. The second-order valence-electron chi connectivity index (χ2n) is 14.2. The van der Waals surface area contributed by atoms with Crippen molar-refractivity contribution in [2.45, 2.75) is 245 Å². The molecule has 0 saturated heterocycles. The van der Waals surface area contributed by atoms with Gasteiger partial charge < -0.3 is 9.84 Å². The summed E-state index contributed by atoms with van der Waals surface area (Å²) in [6.07, 6.45) is 46.6. The number of carbonyl (C=O) groups excluding carboxylic acids is 1. The number of unbranched alkanes of at least 4 members (excludes halogenated alkanes) is 27. The number of hydrogen-bond acceptors (Lipinski definition) is 3. The van der Waals surface area contributed by atoms with Gasteiger partial charge in [-0.2, -0.15) is 0 Å². The molecule has 0 fully saturated rings. The number of aliphatic carboxylic acids is 1. The Morgan fingerprint density at radius 1 is 0.457 bits per heavy atom. The predicted octanol–water partition coefficient (Wildman–Crippen LogP) is 14.2. The van der Waals surface area contributed by atoms with Crippen molar-refractivity contribution in [1.29, 1.82) is 0 Å². The van der Waals surface area contributed by atoms with Crippen molar-refractivity contribution in [2.24, 2.45) is 0 Å². The molecule has 0 aromatic carbocycles. The Labute approximate surface area is 287 Å². The van der Waals surface area contributed by atoms with Gasteiger partial charge in [0.1, 0.15) is 6.10 Å². The van der Waals surface area contributed by atoms with Crippen molar-refractivity contribution in [3.63, 3.8) is 0 Å². The van der Waals surface area contributed by atoms with E-state index in [1.54, 1.807) is 0 Å². The first-order chi connectivity index (χ1) is 22.6. The first kappa shape index (κ1) is 44.7. The lowest BCUT2D eigenvalue weighted by Crippen LogP contribution is -2.18.